The number of rotatable bonds is 3. The predicted octanol–water partition coefficient (Wildman–Crippen LogP) is 3.04. The molecule has 23 heavy (non-hydrogen) atoms. The van der Waals surface area contributed by atoms with E-state index < -0.39 is 0 Å². The second kappa shape index (κ2) is 6.73. The van der Waals surface area contributed by atoms with Crippen molar-refractivity contribution in [2.45, 2.75) is 52.0 Å². The molecule has 3 rings (SSSR count). The maximum atomic E-state index is 12.5. The lowest BCUT2D eigenvalue weighted by molar-refractivity contribution is -0.127. The highest BCUT2D eigenvalue weighted by Gasteiger charge is 2.36. The first-order valence-electron chi connectivity index (χ1n) is 8.72. The van der Waals surface area contributed by atoms with Gasteiger partial charge in [-0.15, -0.1) is 0 Å². The number of nitrogens with one attached hydrogen (secondary N) is 1. The Morgan fingerprint density at radius 2 is 1.87 bits per heavy atom. The van der Waals surface area contributed by atoms with E-state index in [1.54, 1.807) is 4.90 Å². The second-order valence-corrected chi connectivity index (χ2v) is 7.12. The van der Waals surface area contributed by atoms with Crippen molar-refractivity contribution >= 4 is 17.5 Å². The minimum Gasteiger partial charge on any atom is -0.353 e. The summed E-state index contributed by atoms with van der Waals surface area (Å²) >= 11 is 0. The molecule has 0 radical (unpaired) electrons. The maximum absolute atomic E-state index is 12.5. The van der Waals surface area contributed by atoms with Gasteiger partial charge in [-0.05, 0) is 37.8 Å². The molecule has 1 aliphatic carbocycles. The van der Waals surface area contributed by atoms with Crippen LogP contribution in [-0.2, 0) is 9.59 Å². The molecule has 1 saturated carbocycles. The Bertz CT molecular complexity index is 582. The number of benzene rings is 1. The first-order valence-corrected chi connectivity index (χ1v) is 8.72. The normalized spacial score (nSPS) is 28.0. The van der Waals surface area contributed by atoms with E-state index in [9.17, 15) is 9.59 Å². The Morgan fingerprint density at radius 3 is 2.57 bits per heavy atom. The number of anilines is 1. The summed E-state index contributed by atoms with van der Waals surface area (Å²) in [7, 11) is 0. The molecule has 4 nitrogen and oxygen atoms in total. The van der Waals surface area contributed by atoms with Crippen molar-refractivity contribution < 1.29 is 9.59 Å². The van der Waals surface area contributed by atoms with Gasteiger partial charge < -0.3 is 10.2 Å². The first-order chi connectivity index (χ1) is 11.0. The summed E-state index contributed by atoms with van der Waals surface area (Å²) in [5.74, 6) is 0.411. The summed E-state index contributed by atoms with van der Waals surface area (Å²) in [5.41, 5.74) is 2.06. The van der Waals surface area contributed by atoms with Crippen LogP contribution in [0, 0.1) is 18.8 Å². The standard InChI is InChI=1S/C19H26N2O2/c1-13-7-9-16(10-8-13)21-12-15(11-18(21)22)19(23)20-17-6-4-3-5-14(17)2/h7-10,14-15,17H,3-6,11-12H2,1-2H3,(H,20,23)/t14-,15-,17+/m1/s1. The third kappa shape index (κ3) is 3.57. The van der Waals surface area contributed by atoms with Crippen molar-refractivity contribution in [3.63, 3.8) is 0 Å². The van der Waals surface area contributed by atoms with Crippen LogP contribution in [0.25, 0.3) is 0 Å². The Kier molecular flexibility index (Phi) is 4.69. The number of hydrogen-bond acceptors (Lipinski definition) is 2. The molecule has 1 aliphatic heterocycles. The summed E-state index contributed by atoms with van der Waals surface area (Å²) in [6.45, 7) is 4.73. The van der Waals surface area contributed by atoms with Crippen molar-refractivity contribution in [2.75, 3.05) is 11.4 Å². The van der Waals surface area contributed by atoms with Gasteiger partial charge in [-0.3, -0.25) is 9.59 Å². The van der Waals surface area contributed by atoms with E-state index in [0.717, 1.165) is 12.1 Å². The van der Waals surface area contributed by atoms with E-state index in [1.165, 1.54) is 24.8 Å². The number of amides is 2. The number of hydrogen-bond donors (Lipinski definition) is 1. The zero-order chi connectivity index (χ0) is 16.4. The molecule has 0 bridgehead atoms. The summed E-state index contributed by atoms with van der Waals surface area (Å²) in [6, 6.07) is 8.19. The molecule has 1 saturated heterocycles. The highest BCUT2D eigenvalue weighted by molar-refractivity contribution is 6.00. The highest BCUT2D eigenvalue weighted by atomic mass is 16.2. The van der Waals surface area contributed by atoms with E-state index in [-0.39, 0.29) is 23.8 Å². The fraction of sp³-hybridized carbons (Fsp3) is 0.579. The van der Waals surface area contributed by atoms with E-state index in [4.69, 9.17) is 0 Å². The number of carbonyl (C=O) groups excluding carboxylic acids is 2. The lowest BCUT2D eigenvalue weighted by Gasteiger charge is -2.30. The maximum Gasteiger partial charge on any atom is 0.227 e. The SMILES string of the molecule is Cc1ccc(N2C[C@H](C(=O)N[C@H]3CCCC[C@H]3C)CC2=O)cc1. The van der Waals surface area contributed by atoms with Gasteiger partial charge in [0.1, 0.15) is 0 Å². The van der Waals surface area contributed by atoms with Gasteiger partial charge in [0, 0.05) is 24.7 Å². The van der Waals surface area contributed by atoms with Crippen molar-refractivity contribution in [3.8, 4) is 0 Å². The third-order valence-electron chi connectivity index (χ3n) is 5.28. The molecule has 3 atom stereocenters. The largest absolute Gasteiger partial charge is 0.353 e. The van der Waals surface area contributed by atoms with Crippen molar-refractivity contribution in [2.24, 2.45) is 11.8 Å². The van der Waals surface area contributed by atoms with E-state index in [0.29, 0.717) is 18.9 Å². The van der Waals surface area contributed by atoms with Gasteiger partial charge in [-0.2, -0.15) is 0 Å². The Hall–Kier alpha value is -1.84. The number of nitrogens with zero attached hydrogens (tertiary/aromatic N) is 1. The van der Waals surface area contributed by atoms with Gasteiger partial charge in [0.15, 0.2) is 0 Å². The highest BCUT2D eigenvalue weighted by Crippen LogP contribution is 2.27. The topological polar surface area (TPSA) is 49.4 Å². The minimum atomic E-state index is -0.224. The molecular formula is C19H26N2O2. The van der Waals surface area contributed by atoms with Crippen molar-refractivity contribution in [3.05, 3.63) is 29.8 Å². The molecule has 0 spiro atoms. The first kappa shape index (κ1) is 16.0. The molecule has 1 heterocycles. The van der Waals surface area contributed by atoms with Gasteiger partial charge in [0.25, 0.3) is 0 Å². The van der Waals surface area contributed by atoms with Crippen LogP contribution in [0.1, 0.15) is 44.6 Å². The summed E-state index contributed by atoms with van der Waals surface area (Å²) in [4.78, 5) is 26.6. The molecule has 0 unspecified atom stereocenters. The minimum absolute atomic E-state index is 0.0469. The van der Waals surface area contributed by atoms with Crippen LogP contribution in [-0.4, -0.2) is 24.4 Å². The molecule has 4 heteroatoms. The van der Waals surface area contributed by atoms with Crippen LogP contribution >= 0.6 is 0 Å². The summed E-state index contributed by atoms with van der Waals surface area (Å²) in [5, 5.41) is 3.19. The fourth-order valence-electron chi connectivity index (χ4n) is 3.69. The molecule has 2 fully saturated rings. The van der Waals surface area contributed by atoms with Gasteiger partial charge >= 0.3 is 0 Å². The molecule has 2 amide bonds. The van der Waals surface area contributed by atoms with Crippen molar-refractivity contribution in [1.82, 2.24) is 5.32 Å². The average Bonchev–Trinajstić information content (AvgIpc) is 2.92. The third-order valence-corrected chi connectivity index (χ3v) is 5.28. The van der Waals surface area contributed by atoms with Gasteiger partial charge in [-0.1, -0.05) is 37.5 Å². The summed E-state index contributed by atoms with van der Waals surface area (Å²) in [6.07, 6.45) is 5.02. The molecule has 1 aromatic rings. The van der Waals surface area contributed by atoms with Crippen LogP contribution in [0.4, 0.5) is 5.69 Å². The monoisotopic (exact) mass is 314 g/mol. The quantitative estimate of drug-likeness (QED) is 0.932. The molecule has 124 valence electrons. The number of carbonyl (C=O) groups is 2. The molecular weight excluding hydrogens is 288 g/mol. The lowest BCUT2D eigenvalue weighted by Crippen LogP contribution is -2.44. The summed E-state index contributed by atoms with van der Waals surface area (Å²) < 4.78 is 0. The van der Waals surface area contributed by atoms with Crippen LogP contribution in [0.3, 0.4) is 0 Å². The van der Waals surface area contributed by atoms with Gasteiger partial charge in [0.2, 0.25) is 11.8 Å². The molecule has 1 aromatic carbocycles. The van der Waals surface area contributed by atoms with E-state index in [2.05, 4.69) is 12.2 Å². The fourth-order valence-corrected chi connectivity index (χ4v) is 3.69. The van der Waals surface area contributed by atoms with Crippen LogP contribution < -0.4 is 10.2 Å². The Balaban J connectivity index is 1.62. The van der Waals surface area contributed by atoms with E-state index in [1.807, 2.05) is 31.2 Å². The average molecular weight is 314 g/mol. The number of aryl methyl sites for hydroxylation is 1. The van der Waals surface area contributed by atoms with Crippen LogP contribution in [0.15, 0.2) is 24.3 Å². The Morgan fingerprint density at radius 1 is 1.17 bits per heavy atom. The van der Waals surface area contributed by atoms with Gasteiger partial charge in [0.05, 0.1) is 5.92 Å². The Labute approximate surface area is 138 Å². The van der Waals surface area contributed by atoms with Crippen molar-refractivity contribution in [1.29, 1.82) is 0 Å². The second-order valence-electron chi connectivity index (χ2n) is 7.12. The lowest BCUT2D eigenvalue weighted by atomic mass is 9.85. The predicted molar refractivity (Wildman–Crippen MR) is 91.2 cm³/mol. The van der Waals surface area contributed by atoms with Crippen LogP contribution in [0.2, 0.25) is 0 Å². The smallest absolute Gasteiger partial charge is 0.227 e. The van der Waals surface area contributed by atoms with E-state index >= 15 is 0 Å². The van der Waals surface area contributed by atoms with Gasteiger partial charge in [-0.25, -0.2) is 0 Å². The zero-order valence-corrected chi connectivity index (χ0v) is 14.0. The zero-order valence-electron chi connectivity index (χ0n) is 14.0. The molecule has 2 aliphatic rings. The molecule has 0 aromatic heterocycles. The van der Waals surface area contributed by atoms with Crippen LogP contribution in [0.5, 0.6) is 0 Å². The molecule has 1 N–H and O–H groups in total.